The SMILES string of the molecule is Cc1cc(N(C)C)c2c(c1O)C(O)=C1C(=O)[C@]3(O)C(=N)C(C(N)=O)=C(O)C[C@@H]3C[C@@H]1C2. The Labute approximate surface area is 178 Å². The second-order valence-electron chi connectivity index (χ2n) is 8.77. The number of aliphatic hydroxyl groups excluding tert-OH is 2. The molecule has 0 heterocycles. The molecule has 0 aliphatic heterocycles. The van der Waals surface area contributed by atoms with Gasteiger partial charge in [-0.1, -0.05) is 0 Å². The van der Waals surface area contributed by atoms with Gasteiger partial charge in [-0.25, -0.2) is 0 Å². The van der Waals surface area contributed by atoms with Crippen LogP contribution < -0.4 is 10.6 Å². The summed E-state index contributed by atoms with van der Waals surface area (Å²) in [5.74, 6) is -4.35. The number of carbonyl (C=O) groups is 2. The third-order valence-corrected chi connectivity index (χ3v) is 6.76. The molecule has 1 fully saturated rings. The molecular weight excluding hydrogens is 402 g/mol. The zero-order valence-corrected chi connectivity index (χ0v) is 17.5. The van der Waals surface area contributed by atoms with E-state index >= 15 is 0 Å². The smallest absolute Gasteiger partial charge is 0.254 e. The van der Waals surface area contributed by atoms with Crippen molar-refractivity contribution in [3.63, 3.8) is 0 Å². The van der Waals surface area contributed by atoms with Crippen molar-refractivity contribution in [2.24, 2.45) is 17.6 Å². The number of benzene rings is 1. The predicted molar refractivity (Wildman–Crippen MR) is 113 cm³/mol. The lowest BCUT2D eigenvalue weighted by Crippen LogP contribution is -2.61. The first-order valence-corrected chi connectivity index (χ1v) is 9.95. The maximum atomic E-state index is 13.5. The second kappa shape index (κ2) is 6.58. The lowest BCUT2D eigenvalue weighted by Gasteiger charge is -2.47. The van der Waals surface area contributed by atoms with Gasteiger partial charge in [0.15, 0.2) is 5.60 Å². The monoisotopic (exact) mass is 427 g/mol. The van der Waals surface area contributed by atoms with Crippen LogP contribution in [-0.2, 0) is 16.0 Å². The summed E-state index contributed by atoms with van der Waals surface area (Å²) in [4.78, 5) is 27.1. The highest BCUT2D eigenvalue weighted by atomic mass is 16.3. The Balaban J connectivity index is 1.94. The summed E-state index contributed by atoms with van der Waals surface area (Å²) in [6, 6.07) is 1.80. The first kappa shape index (κ1) is 20.9. The molecule has 31 heavy (non-hydrogen) atoms. The second-order valence-corrected chi connectivity index (χ2v) is 8.77. The quantitative estimate of drug-likeness (QED) is 0.413. The van der Waals surface area contributed by atoms with Crippen LogP contribution in [0, 0.1) is 24.2 Å². The molecule has 3 aliphatic carbocycles. The van der Waals surface area contributed by atoms with Crippen molar-refractivity contribution in [3.8, 4) is 5.75 Å². The number of phenolic OH excluding ortho intramolecular Hbond substituents is 1. The summed E-state index contributed by atoms with van der Waals surface area (Å²) in [5, 5.41) is 51.6. The average Bonchev–Trinajstić information content (AvgIpc) is 2.66. The third-order valence-electron chi connectivity index (χ3n) is 6.76. The molecule has 1 saturated carbocycles. The number of primary amides is 1. The van der Waals surface area contributed by atoms with Crippen LogP contribution in [0.15, 0.2) is 23.0 Å². The number of nitrogens with zero attached hydrogens (tertiary/aromatic N) is 1. The van der Waals surface area contributed by atoms with E-state index in [0.717, 1.165) is 5.69 Å². The van der Waals surface area contributed by atoms with E-state index in [4.69, 9.17) is 11.1 Å². The van der Waals surface area contributed by atoms with Crippen LogP contribution in [0.4, 0.5) is 5.69 Å². The molecule has 3 aliphatic rings. The van der Waals surface area contributed by atoms with E-state index in [1.807, 2.05) is 19.0 Å². The number of aliphatic hydroxyl groups is 3. The first-order valence-electron chi connectivity index (χ1n) is 9.95. The van der Waals surface area contributed by atoms with Crippen LogP contribution in [0.1, 0.15) is 29.5 Å². The number of nitrogens with two attached hydrogens (primary N) is 1. The Hall–Kier alpha value is -3.33. The van der Waals surface area contributed by atoms with E-state index in [2.05, 4.69) is 0 Å². The number of allylic oxidation sites excluding steroid dienone is 1. The molecule has 9 heteroatoms. The van der Waals surface area contributed by atoms with Crippen LogP contribution in [0.3, 0.4) is 0 Å². The highest BCUT2D eigenvalue weighted by Crippen LogP contribution is 2.52. The minimum absolute atomic E-state index is 0.0770. The van der Waals surface area contributed by atoms with E-state index in [9.17, 15) is 30.0 Å². The van der Waals surface area contributed by atoms with Crippen LogP contribution >= 0.6 is 0 Å². The first-order chi connectivity index (χ1) is 14.4. The summed E-state index contributed by atoms with van der Waals surface area (Å²) in [6.07, 6.45) is 0.343. The fourth-order valence-electron chi connectivity index (χ4n) is 5.25. The number of hydrogen-bond donors (Lipinski definition) is 6. The van der Waals surface area contributed by atoms with Crippen molar-refractivity contribution >= 4 is 28.8 Å². The number of ketones is 1. The number of aryl methyl sites for hydroxylation is 1. The molecule has 0 bridgehead atoms. The summed E-state index contributed by atoms with van der Waals surface area (Å²) < 4.78 is 0. The normalized spacial score (nSPS) is 27.6. The van der Waals surface area contributed by atoms with Gasteiger partial charge < -0.3 is 36.5 Å². The molecule has 1 aromatic rings. The average molecular weight is 427 g/mol. The lowest BCUT2D eigenvalue weighted by atomic mass is 9.58. The van der Waals surface area contributed by atoms with Crippen molar-refractivity contribution in [2.75, 3.05) is 19.0 Å². The van der Waals surface area contributed by atoms with Gasteiger partial charge in [-0.2, -0.15) is 0 Å². The van der Waals surface area contributed by atoms with Crippen molar-refractivity contribution in [2.45, 2.75) is 31.8 Å². The fraction of sp³-hybridized carbons (Fsp3) is 0.409. The molecule has 1 aromatic carbocycles. The molecule has 9 nitrogen and oxygen atoms in total. The van der Waals surface area contributed by atoms with Crippen molar-refractivity contribution in [1.82, 2.24) is 0 Å². The van der Waals surface area contributed by atoms with Gasteiger partial charge in [-0.3, -0.25) is 9.59 Å². The Morgan fingerprint density at radius 3 is 2.48 bits per heavy atom. The van der Waals surface area contributed by atoms with Crippen LogP contribution in [-0.4, -0.2) is 57.5 Å². The number of carbonyl (C=O) groups excluding carboxylic acids is 2. The van der Waals surface area contributed by atoms with Gasteiger partial charge in [0.25, 0.3) is 5.91 Å². The fourth-order valence-corrected chi connectivity index (χ4v) is 5.25. The number of aromatic hydroxyl groups is 1. The largest absolute Gasteiger partial charge is 0.511 e. The molecule has 0 radical (unpaired) electrons. The van der Waals surface area contributed by atoms with Crippen LogP contribution in [0.2, 0.25) is 0 Å². The summed E-state index contributed by atoms with van der Waals surface area (Å²) >= 11 is 0. The van der Waals surface area contributed by atoms with E-state index in [-0.39, 0.29) is 29.7 Å². The standard InChI is InChI=1S/C22H25N3O6/c1-8-4-12(25(2)3)11-6-9-5-10-7-13(26)16(21(24)30)19(23)22(10,31)20(29)14(9)18(28)15(11)17(8)27/h4,9-10,23,26-28,31H,5-7H2,1-3H3,(H2,24,30)/t9-,10+,22-/m1/s1. The molecular formula is C22H25N3O6. The number of Topliss-reactive ketones (excluding diaryl/α,β-unsaturated/α-hetero) is 1. The lowest BCUT2D eigenvalue weighted by molar-refractivity contribution is -0.136. The minimum atomic E-state index is -2.39. The van der Waals surface area contributed by atoms with Gasteiger partial charge in [-0.05, 0) is 42.9 Å². The number of fused-ring (bicyclic) bond motifs is 3. The van der Waals surface area contributed by atoms with Gasteiger partial charge in [0.05, 0.1) is 11.3 Å². The summed E-state index contributed by atoms with van der Waals surface area (Å²) in [7, 11) is 3.67. The topological polar surface area (TPSA) is 168 Å². The predicted octanol–water partition coefficient (Wildman–Crippen LogP) is 1.25. The van der Waals surface area contributed by atoms with Crippen molar-refractivity contribution in [1.29, 1.82) is 5.41 Å². The van der Waals surface area contributed by atoms with Gasteiger partial charge in [-0.15, -0.1) is 0 Å². The number of rotatable bonds is 2. The molecule has 4 rings (SSSR count). The summed E-state index contributed by atoms with van der Waals surface area (Å²) in [5.41, 5.74) is 3.59. The van der Waals surface area contributed by atoms with E-state index in [0.29, 0.717) is 17.5 Å². The van der Waals surface area contributed by atoms with Gasteiger partial charge in [0.1, 0.15) is 22.8 Å². The number of nitrogens with one attached hydrogen (secondary N) is 1. The molecule has 7 N–H and O–H groups in total. The van der Waals surface area contributed by atoms with Crippen LogP contribution in [0.5, 0.6) is 5.75 Å². The maximum Gasteiger partial charge on any atom is 0.254 e. The van der Waals surface area contributed by atoms with Gasteiger partial charge in [0.2, 0.25) is 5.78 Å². The molecule has 0 spiro atoms. The highest BCUT2D eigenvalue weighted by molar-refractivity contribution is 6.33. The van der Waals surface area contributed by atoms with Crippen molar-refractivity contribution in [3.05, 3.63) is 39.7 Å². The highest BCUT2D eigenvalue weighted by Gasteiger charge is 2.59. The molecule has 164 valence electrons. The zero-order valence-electron chi connectivity index (χ0n) is 17.5. The molecule has 0 saturated heterocycles. The number of hydrogen-bond acceptors (Lipinski definition) is 8. The van der Waals surface area contributed by atoms with Gasteiger partial charge >= 0.3 is 0 Å². The minimum Gasteiger partial charge on any atom is -0.511 e. The Morgan fingerprint density at radius 1 is 1.26 bits per heavy atom. The van der Waals surface area contributed by atoms with Crippen LogP contribution in [0.25, 0.3) is 5.76 Å². The molecule has 3 atom stereocenters. The van der Waals surface area contributed by atoms with Crippen molar-refractivity contribution < 1.29 is 30.0 Å². The summed E-state index contributed by atoms with van der Waals surface area (Å²) in [6.45, 7) is 1.68. The van der Waals surface area contributed by atoms with Gasteiger partial charge in [0, 0.05) is 37.7 Å². The van der Waals surface area contributed by atoms with E-state index < -0.39 is 51.9 Å². The third kappa shape index (κ3) is 2.62. The Morgan fingerprint density at radius 2 is 1.90 bits per heavy atom. The number of anilines is 1. The molecule has 0 unspecified atom stereocenters. The maximum absolute atomic E-state index is 13.5. The number of amides is 1. The molecule has 1 amide bonds. The van der Waals surface area contributed by atoms with E-state index in [1.165, 1.54) is 0 Å². The van der Waals surface area contributed by atoms with E-state index in [1.54, 1.807) is 13.0 Å². The Bertz CT molecular complexity index is 1130. The zero-order chi connectivity index (χ0) is 23.0. The molecule has 0 aromatic heterocycles. The number of phenols is 1. The Kier molecular flexibility index (Phi) is 4.44.